The van der Waals surface area contributed by atoms with E-state index in [1.807, 2.05) is 0 Å². The fourth-order valence-electron chi connectivity index (χ4n) is 1.35. The molecular formula is C10H9BrF5N. The molecule has 0 saturated carbocycles. The van der Waals surface area contributed by atoms with Gasteiger partial charge in [-0.05, 0) is 34.5 Å². The Balaban J connectivity index is 2.89. The van der Waals surface area contributed by atoms with Crippen LogP contribution in [-0.4, -0.2) is 6.18 Å². The highest BCUT2D eigenvalue weighted by atomic mass is 79.9. The van der Waals surface area contributed by atoms with E-state index in [4.69, 9.17) is 5.73 Å². The molecule has 1 rings (SSSR count). The van der Waals surface area contributed by atoms with Crippen LogP contribution in [0.25, 0.3) is 0 Å². The summed E-state index contributed by atoms with van der Waals surface area (Å²) in [4.78, 5) is 0. The zero-order valence-electron chi connectivity index (χ0n) is 8.49. The predicted molar refractivity (Wildman–Crippen MR) is 56.3 cm³/mol. The van der Waals surface area contributed by atoms with Crippen LogP contribution in [0, 0.1) is 11.6 Å². The molecule has 0 radical (unpaired) electrons. The first-order valence-corrected chi connectivity index (χ1v) is 5.47. The van der Waals surface area contributed by atoms with E-state index in [1.54, 1.807) is 0 Å². The summed E-state index contributed by atoms with van der Waals surface area (Å²) in [7, 11) is 0. The highest BCUT2D eigenvalue weighted by Crippen LogP contribution is 2.31. The van der Waals surface area contributed by atoms with Gasteiger partial charge in [0.2, 0.25) is 0 Å². The van der Waals surface area contributed by atoms with Crippen LogP contribution in [0.5, 0.6) is 0 Å². The molecule has 7 heteroatoms. The molecule has 1 nitrogen and oxygen atoms in total. The van der Waals surface area contributed by atoms with Crippen molar-refractivity contribution in [3.63, 3.8) is 0 Å². The van der Waals surface area contributed by atoms with Gasteiger partial charge in [0.15, 0.2) is 0 Å². The lowest BCUT2D eigenvalue weighted by Crippen LogP contribution is -2.18. The summed E-state index contributed by atoms with van der Waals surface area (Å²) >= 11 is 2.82. The van der Waals surface area contributed by atoms with Crippen molar-refractivity contribution in [2.45, 2.75) is 25.1 Å². The molecule has 96 valence electrons. The number of alkyl halides is 3. The van der Waals surface area contributed by atoms with Crippen LogP contribution in [0.3, 0.4) is 0 Å². The van der Waals surface area contributed by atoms with E-state index in [9.17, 15) is 22.0 Å². The van der Waals surface area contributed by atoms with Gasteiger partial charge in [0, 0.05) is 18.0 Å². The maximum atomic E-state index is 13.5. The van der Waals surface area contributed by atoms with Crippen LogP contribution in [0.2, 0.25) is 0 Å². The number of hydrogen-bond acceptors (Lipinski definition) is 1. The molecule has 0 heterocycles. The minimum atomic E-state index is -4.39. The molecule has 1 atom stereocenters. The Morgan fingerprint density at radius 2 is 1.82 bits per heavy atom. The molecule has 1 aromatic carbocycles. The molecule has 0 aliphatic carbocycles. The Morgan fingerprint density at radius 3 is 2.35 bits per heavy atom. The average Bonchev–Trinajstić information content (AvgIpc) is 2.20. The van der Waals surface area contributed by atoms with Gasteiger partial charge in [0.05, 0.1) is 4.47 Å². The zero-order valence-corrected chi connectivity index (χ0v) is 10.1. The fraction of sp³-hybridized carbons (Fsp3) is 0.400. The van der Waals surface area contributed by atoms with Gasteiger partial charge in [-0.1, -0.05) is 0 Å². The first-order valence-electron chi connectivity index (χ1n) is 4.68. The number of halogens is 6. The summed E-state index contributed by atoms with van der Waals surface area (Å²) < 4.78 is 62.6. The van der Waals surface area contributed by atoms with Crippen molar-refractivity contribution in [2.24, 2.45) is 5.73 Å². The molecule has 17 heavy (non-hydrogen) atoms. The smallest absolute Gasteiger partial charge is 0.324 e. The SMILES string of the molecule is N[C@@H](CCC(F)(F)F)c1c(F)ccc(Br)c1F. The van der Waals surface area contributed by atoms with Gasteiger partial charge >= 0.3 is 6.18 Å². The molecule has 0 spiro atoms. The molecule has 0 aromatic heterocycles. The maximum Gasteiger partial charge on any atom is 0.389 e. The van der Waals surface area contributed by atoms with Gasteiger partial charge in [-0.2, -0.15) is 13.2 Å². The minimum Gasteiger partial charge on any atom is -0.324 e. The summed E-state index contributed by atoms with van der Waals surface area (Å²) in [5, 5.41) is 0. The van der Waals surface area contributed by atoms with Crippen LogP contribution in [0.4, 0.5) is 22.0 Å². The number of rotatable bonds is 3. The Morgan fingerprint density at radius 1 is 1.24 bits per heavy atom. The van der Waals surface area contributed by atoms with E-state index in [0.29, 0.717) is 0 Å². The van der Waals surface area contributed by atoms with Gasteiger partial charge in [-0.3, -0.25) is 0 Å². The van der Waals surface area contributed by atoms with Crippen LogP contribution >= 0.6 is 15.9 Å². The van der Waals surface area contributed by atoms with E-state index >= 15 is 0 Å². The average molecular weight is 318 g/mol. The lowest BCUT2D eigenvalue weighted by Gasteiger charge is -2.15. The number of benzene rings is 1. The normalized spacial score (nSPS) is 13.8. The quantitative estimate of drug-likeness (QED) is 0.660. The predicted octanol–water partition coefficient (Wildman–Crippen LogP) is 4.07. The van der Waals surface area contributed by atoms with Crippen molar-refractivity contribution in [1.29, 1.82) is 0 Å². The molecule has 0 amide bonds. The molecule has 0 aliphatic rings. The van der Waals surface area contributed by atoms with E-state index < -0.39 is 42.3 Å². The molecule has 0 unspecified atom stereocenters. The first kappa shape index (κ1) is 14.4. The molecule has 1 aromatic rings. The molecule has 2 N–H and O–H groups in total. The van der Waals surface area contributed by atoms with Crippen LogP contribution in [-0.2, 0) is 0 Å². The van der Waals surface area contributed by atoms with Crippen molar-refractivity contribution >= 4 is 15.9 Å². The van der Waals surface area contributed by atoms with Crippen molar-refractivity contribution < 1.29 is 22.0 Å². The summed E-state index contributed by atoms with van der Waals surface area (Å²) in [5.41, 5.74) is 4.85. The van der Waals surface area contributed by atoms with Gasteiger partial charge in [0.25, 0.3) is 0 Å². The van der Waals surface area contributed by atoms with Crippen molar-refractivity contribution in [3.05, 3.63) is 33.8 Å². The van der Waals surface area contributed by atoms with Crippen molar-refractivity contribution in [1.82, 2.24) is 0 Å². The van der Waals surface area contributed by atoms with Crippen molar-refractivity contribution in [3.8, 4) is 0 Å². The molecule has 0 fully saturated rings. The molecule has 0 saturated heterocycles. The van der Waals surface area contributed by atoms with E-state index in [2.05, 4.69) is 15.9 Å². The third-order valence-electron chi connectivity index (χ3n) is 2.19. The van der Waals surface area contributed by atoms with E-state index in [0.717, 1.165) is 12.1 Å². The second-order valence-electron chi connectivity index (χ2n) is 3.52. The standard InChI is InChI=1S/C10H9BrF5N/c11-5-1-2-6(12)8(9(5)13)7(17)3-4-10(14,15)16/h1-2,7H,3-4,17H2/t7-/m0/s1. The largest absolute Gasteiger partial charge is 0.389 e. The first-order chi connectivity index (χ1) is 7.72. The Kier molecular flexibility index (Phi) is 4.48. The summed E-state index contributed by atoms with van der Waals surface area (Å²) in [6, 6.07) is 0.759. The second kappa shape index (κ2) is 5.30. The lowest BCUT2D eigenvalue weighted by molar-refractivity contribution is -0.136. The third-order valence-corrected chi connectivity index (χ3v) is 2.80. The van der Waals surface area contributed by atoms with Gasteiger partial charge in [0.1, 0.15) is 11.6 Å². The van der Waals surface area contributed by atoms with Crippen LogP contribution in [0.15, 0.2) is 16.6 Å². The van der Waals surface area contributed by atoms with Gasteiger partial charge < -0.3 is 5.73 Å². The monoisotopic (exact) mass is 317 g/mol. The highest BCUT2D eigenvalue weighted by Gasteiger charge is 2.29. The molecule has 0 aliphatic heterocycles. The highest BCUT2D eigenvalue weighted by molar-refractivity contribution is 9.10. The van der Waals surface area contributed by atoms with Crippen LogP contribution in [0.1, 0.15) is 24.4 Å². The summed E-state index contributed by atoms with van der Waals surface area (Å²) in [5.74, 6) is -1.90. The zero-order chi connectivity index (χ0) is 13.2. The fourth-order valence-corrected chi connectivity index (χ4v) is 1.69. The molecular weight excluding hydrogens is 309 g/mol. The summed E-state index contributed by atoms with van der Waals surface area (Å²) in [6.45, 7) is 0. The lowest BCUT2D eigenvalue weighted by atomic mass is 10.0. The topological polar surface area (TPSA) is 26.0 Å². The minimum absolute atomic E-state index is 0.0311. The number of nitrogens with two attached hydrogens (primary N) is 1. The number of hydrogen-bond donors (Lipinski definition) is 1. The second-order valence-corrected chi connectivity index (χ2v) is 4.37. The van der Waals surface area contributed by atoms with E-state index in [1.165, 1.54) is 0 Å². The Bertz CT molecular complexity index is 404. The third kappa shape index (κ3) is 3.92. The maximum absolute atomic E-state index is 13.5. The Labute approximate surface area is 103 Å². The van der Waals surface area contributed by atoms with Crippen LogP contribution < -0.4 is 5.73 Å². The van der Waals surface area contributed by atoms with Gasteiger partial charge in [-0.15, -0.1) is 0 Å². The van der Waals surface area contributed by atoms with Gasteiger partial charge in [-0.25, -0.2) is 8.78 Å². The van der Waals surface area contributed by atoms with E-state index in [-0.39, 0.29) is 4.47 Å². The molecule has 0 bridgehead atoms. The summed E-state index contributed by atoms with van der Waals surface area (Å²) in [6.07, 6.45) is -6.13. The Hall–Kier alpha value is -0.690. The van der Waals surface area contributed by atoms with Crippen molar-refractivity contribution in [2.75, 3.05) is 0 Å².